The molecule has 1 aromatic carbocycles. The first kappa shape index (κ1) is 13.8. The van der Waals surface area contributed by atoms with E-state index in [2.05, 4.69) is 5.16 Å². The Balaban J connectivity index is 2.64. The van der Waals surface area contributed by atoms with E-state index in [1.54, 1.807) is 19.1 Å². The Labute approximate surface area is 104 Å². The largest absolute Gasteiger partial charge is 0.487 e. The van der Waals surface area contributed by atoms with E-state index in [-0.39, 0.29) is 23.9 Å². The number of nitro benzene ring substituents is 1. The van der Waals surface area contributed by atoms with E-state index in [9.17, 15) is 10.1 Å². The predicted molar refractivity (Wildman–Crippen MR) is 66.0 cm³/mol. The fourth-order valence-corrected chi connectivity index (χ4v) is 1.45. The van der Waals surface area contributed by atoms with Gasteiger partial charge in [-0.1, -0.05) is 17.3 Å². The van der Waals surface area contributed by atoms with Gasteiger partial charge in [-0.25, -0.2) is 0 Å². The summed E-state index contributed by atoms with van der Waals surface area (Å²) >= 11 is 0. The molecular formula is C11H15N3O4. The highest BCUT2D eigenvalue weighted by Gasteiger charge is 2.16. The molecule has 0 heterocycles. The average molecular weight is 253 g/mol. The van der Waals surface area contributed by atoms with Crippen LogP contribution >= 0.6 is 0 Å². The first-order valence-electron chi connectivity index (χ1n) is 5.39. The third-order valence-corrected chi connectivity index (χ3v) is 2.34. The van der Waals surface area contributed by atoms with Crippen LogP contribution in [0.15, 0.2) is 23.4 Å². The summed E-state index contributed by atoms with van der Waals surface area (Å²) in [7, 11) is 0. The van der Waals surface area contributed by atoms with E-state index in [4.69, 9.17) is 15.7 Å². The molecule has 0 aliphatic rings. The standard InChI is InChI=1S/C11H15N3O4/c1-8-4-2-5-9(14(16)17)11(8)18-7-3-6-10(12)13-15/h2,4-5,15H,3,6-7H2,1H3,(H2,12,13). The predicted octanol–water partition coefficient (Wildman–Crippen LogP) is 1.81. The SMILES string of the molecule is Cc1cccc([N+](=O)[O-])c1OCCC/C(N)=N/O. The van der Waals surface area contributed by atoms with E-state index >= 15 is 0 Å². The van der Waals surface area contributed by atoms with Crippen LogP contribution < -0.4 is 10.5 Å². The molecule has 0 radical (unpaired) electrons. The molecular weight excluding hydrogens is 238 g/mol. The van der Waals surface area contributed by atoms with Crippen molar-refractivity contribution < 1.29 is 14.9 Å². The van der Waals surface area contributed by atoms with Gasteiger partial charge in [-0.2, -0.15) is 0 Å². The maximum atomic E-state index is 10.8. The van der Waals surface area contributed by atoms with Crippen LogP contribution in [-0.4, -0.2) is 22.6 Å². The molecule has 0 aromatic heterocycles. The Hall–Kier alpha value is -2.31. The number of hydrogen-bond acceptors (Lipinski definition) is 5. The van der Waals surface area contributed by atoms with Gasteiger partial charge in [0.1, 0.15) is 5.84 Å². The van der Waals surface area contributed by atoms with E-state index < -0.39 is 4.92 Å². The number of nitrogens with two attached hydrogens (primary N) is 1. The van der Waals surface area contributed by atoms with Gasteiger partial charge >= 0.3 is 5.69 Å². The molecule has 1 aromatic rings. The summed E-state index contributed by atoms with van der Waals surface area (Å²) in [6, 6.07) is 4.74. The molecule has 0 unspecified atom stereocenters. The minimum atomic E-state index is -0.480. The number of nitro groups is 1. The van der Waals surface area contributed by atoms with Gasteiger partial charge < -0.3 is 15.7 Å². The Bertz CT molecular complexity index is 460. The number of benzene rings is 1. The maximum absolute atomic E-state index is 10.8. The van der Waals surface area contributed by atoms with Crippen molar-refractivity contribution in [3.8, 4) is 5.75 Å². The molecule has 0 fully saturated rings. The molecule has 0 aliphatic carbocycles. The fraction of sp³-hybridized carbons (Fsp3) is 0.364. The molecule has 0 aliphatic heterocycles. The number of oxime groups is 1. The van der Waals surface area contributed by atoms with Crippen molar-refractivity contribution in [1.29, 1.82) is 0 Å². The summed E-state index contributed by atoms with van der Waals surface area (Å²) in [4.78, 5) is 10.3. The van der Waals surface area contributed by atoms with Crippen molar-refractivity contribution in [1.82, 2.24) is 0 Å². The third kappa shape index (κ3) is 3.62. The maximum Gasteiger partial charge on any atom is 0.311 e. The molecule has 0 spiro atoms. The van der Waals surface area contributed by atoms with Gasteiger partial charge in [-0.15, -0.1) is 0 Å². The summed E-state index contributed by atoms with van der Waals surface area (Å²) in [5.74, 6) is 0.375. The average Bonchev–Trinajstić information content (AvgIpc) is 2.35. The van der Waals surface area contributed by atoms with Gasteiger partial charge in [0.15, 0.2) is 5.75 Å². The quantitative estimate of drug-likeness (QED) is 0.200. The van der Waals surface area contributed by atoms with Crippen molar-refractivity contribution in [2.45, 2.75) is 19.8 Å². The second-order valence-electron chi connectivity index (χ2n) is 3.72. The third-order valence-electron chi connectivity index (χ3n) is 2.34. The summed E-state index contributed by atoms with van der Waals surface area (Å²) < 4.78 is 5.39. The zero-order valence-electron chi connectivity index (χ0n) is 10.00. The van der Waals surface area contributed by atoms with E-state index in [0.29, 0.717) is 18.4 Å². The van der Waals surface area contributed by atoms with Crippen molar-refractivity contribution in [3.63, 3.8) is 0 Å². The minimum Gasteiger partial charge on any atom is -0.487 e. The highest BCUT2D eigenvalue weighted by atomic mass is 16.6. The van der Waals surface area contributed by atoms with Gasteiger partial charge in [0, 0.05) is 12.5 Å². The van der Waals surface area contributed by atoms with E-state index in [0.717, 1.165) is 0 Å². The molecule has 7 nitrogen and oxygen atoms in total. The zero-order chi connectivity index (χ0) is 13.5. The summed E-state index contributed by atoms with van der Waals surface area (Å²) in [5, 5.41) is 22.0. The van der Waals surface area contributed by atoms with Crippen LogP contribution in [0.2, 0.25) is 0 Å². The first-order valence-corrected chi connectivity index (χ1v) is 5.39. The number of para-hydroxylation sites is 1. The second kappa shape index (κ2) is 6.43. The smallest absolute Gasteiger partial charge is 0.311 e. The van der Waals surface area contributed by atoms with Gasteiger partial charge in [-0.3, -0.25) is 10.1 Å². The minimum absolute atomic E-state index is 0.0567. The Morgan fingerprint density at radius 2 is 2.33 bits per heavy atom. The van der Waals surface area contributed by atoms with Crippen LogP contribution in [0, 0.1) is 17.0 Å². The summed E-state index contributed by atoms with van der Waals surface area (Å²) in [5.41, 5.74) is 5.94. The van der Waals surface area contributed by atoms with Gasteiger partial charge in [0.25, 0.3) is 0 Å². The lowest BCUT2D eigenvalue weighted by Crippen LogP contribution is -2.13. The molecule has 7 heteroatoms. The van der Waals surface area contributed by atoms with Crippen molar-refractivity contribution in [2.75, 3.05) is 6.61 Å². The lowest BCUT2D eigenvalue weighted by atomic mass is 10.2. The number of amidine groups is 1. The van der Waals surface area contributed by atoms with Crippen LogP contribution in [0.3, 0.4) is 0 Å². The lowest BCUT2D eigenvalue weighted by molar-refractivity contribution is -0.385. The first-order chi connectivity index (χ1) is 8.56. The zero-order valence-corrected chi connectivity index (χ0v) is 10.00. The number of nitrogens with zero attached hydrogens (tertiary/aromatic N) is 2. The van der Waals surface area contributed by atoms with Crippen LogP contribution in [0.25, 0.3) is 0 Å². The lowest BCUT2D eigenvalue weighted by Gasteiger charge is -2.08. The molecule has 98 valence electrons. The Kier molecular flexibility index (Phi) is 4.91. The topological polar surface area (TPSA) is 111 Å². The Morgan fingerprint density at radius 1 is 1.61 bits per heavy atom. The van der Waals surface area contributed by atoms with Crippen molar-refractivity contribution in [2.24, 2.45) is 10.9 Å². The van der Waals surface area contributed by atoms with Crippen molar-refractivity contribution in [3.05, 3.63) is 33.9 Å². The number of rotatable bonds is 6. The van der Waals surface area contributed by atoms with E-state index in [1.165, 1.54) is 6.07 Å². The number of hydrogen-bond donors (Lipinski definition) is 2. The highest BCUT2D eigenvalue weighted by molar-refractivity contribution is 5.79. The molecule has 0 amide bonds. The monoisotopic (exact) mass is 253 g/mol. The van der Waals surface area contributed by atoms with E-state index in [1.807, 2.05) is 0 Å². The van der Waals surface area contributed by atoms with Crippen LogP contribution in [0.4, 0.5) is 5.69 Å². The van der Waals surface area contributed by atoms with Crippen LogP contribution in [0.5, 0.6) is 5.75 Å². The molecule has 18 heavy (non-hydrogen) atoms. The molecule has 0 saturated carbocycles. The van der Waals surface area contributed by atoms with Gasteiger partial charge in [0.05, 0.1) is 11.5 Å². The number of aryl methyl sites for hydroxylation is 1. The molecule has 3 N–H and O–H groups in total. The molecule has 1 rings (SSSR count). The molecule has 0 saturated heterocycles. The van der Waals surface area contributed by atoms with Crippen LogP contribution in [0.1, 0.15) is 18.4 Å². The normalized spacial score (nSPS) is 11.3. The summed E-state index contributed by atoms with van der Waals surface area (Å²) in [6.45, 7) is 2.01. The second-order valence-corrected chi connectivity index (χ2v) is 3.72. The molecule has 0 atom stereocenters. The Morgan fingerprint density at radius 3 is 2.94 bits per heavy atom. The van der Waals surface area contributed by atoms with Gasteiger partial charge in [-0.05, 0) is 18.9 Å². The highest BCUT2D eigenvalue weighted by Crippen LogP contribution is 2.30. The molecule has 0 bridgehead atoms. The number of ether oxygens (including phenoxy) is 1. The van der Waals surface area contributed by atoms with Crippen molar-refractivity contribution >= 4 is 11.5 Å². The fourth-order valence-electron chi connectivity index (χ4n) is 1.45. The summed E-state index contributed by atoms with van der Waals surface area (Å²) in [6.07, 6.45) is 0.886. The van der Waals surface area contributed by atoms with Gasteiger partial charge in [0.2, 0.25) is 0 Å². The van der Waals surface area contributed by atoms with Crippen LogP contribution in [-0.2, 0) is 0 Å².